The number of hydrogen-bond donors (Lipinski definition) is 2. The standard InChI is InChI=1S/C14H19Cl2NO3S/c15-12-6-3-7-13(16)14(12)21(19,20)17-8-10-4-1-2-5-11(10)9-18/h3,6-7,10-11,17-18H,1-2,4-5,8-9H2. The van der Waals surface area contributed by atoms with Crippen LogP contribution in [0.25, 0.3) is 0 Å². The van der Waals surface area contributed by atoms with Gasteiger partial charge in [0, 0.05) is 13.2 Å². The van der Waals surface area contributed by atoms with Crippen molar-refractivity contribution in [2.45, 2.75) is 30.6 Å². The average molecular weight is 352 g/mol. The molecule has 0 amide bonds. The molecule has 1 aliphatic rings. The Kier molecular flexibility index (Phi) is 5.91. The maximum absolute atomic E-state index is 12.4. The number of benzene rings is 1. The second-order valence-corrected chi connectivity index (χ2v) is 7.91. The highest BCUT2D eigenvalue weighted by atomic mass is 35.5. The molecule has 0 bridgehead atoms. The second-order valence-electron chi connectivity index (χ2n) is 5.39. The van der Waals surface area contributed by atoms with Crippen LogP contribution in [0.1, 0.15) is 25.7 Å². The molecule has 1 aliphatic carbocycles. The zero-order chi connectivity index (χ0) is 15.5. The summed E-state index contributed by atoms with van der Waals surface area (Å²) in [5, 5.41) is 9.59. The Hall–Kier alpha value is -0.330. The zero-order valence-corrected chi connectivity index (χ0v) is 13.9. The van der Waals surface area contributed by atoms with Crippen molar-refractivity contribution in [1.82, 2.24) is 4.72 Å². The lowest BCUT2D eigenvalue weighted by molar-refractivity contribution is 0.136. The fourth-order valence-electron chi connectivity index (χ4n) is 2.82. The van der Waals surface area contributed by atoms with Gasteiger partial charge in [-0.3, -0.25) is 0 Å². The summed E-state index contributed by atoms with van der Waals surface area (Å²) < 4.78 is 27.3. The molecule has 2 atom stereocenters. The predicted molar refractivity (Wildman–Crippen MR) is 84.2 cm³/mol. The molecule has 118 valence electrons. The van der Waals surface area contributed by atoms with Gasteiger partial charge in [-0.2, -0.15) is 0 Å². The summed E-state index contributed by atoms with van der Waals surface area (Å²) in [6.07, 6.45) is 4.01. The van der Waals surface area contributed by atoms with Crippen LogP contribution in [0.15, 0.2) is 23.1 Å². The lowest BCUT2D eigenvalue weighted by atomic mass is 9.80. The molecule has 21 heavy (non-hydrogen) atoms. The van der Waals surface area contributed by atoms with Gasteiger partial charge in [-0.15, -0.1) is 0 Å². The van der Waals surface area contributed by atoms with Gasteiger partial charge in [-0.05, 0) is 36.8 Å². The van der Waals surface area contributed by atoms with Crippen LogP contribution < -0.4 is 4.72 Å². The Morgan fingerprint density at radius 2 is 1.71 bits per heavy atom. The third kappa shape index (κ3) is 4.11. The van der Waals surface area contributed by atoms with Gasteiger partial charge in [0.2, 0.25) is 10.0 Å². The summed E-state index contributed by atoms with van der Waals surface area (Å²) in [6.45, 7) is 0.397. The van der Waals surface area contributed by atoms with Crippen molar-refractivity contribution in [2.75, 3.05) is 13.2 Å². The third-order valence-corrected chi connectivity index (χ3v) is 6.40. The van der Waals surface area contributed by atoms with Crippen molar-refractivity contribution in [1.29, 1.82) is 0 Å². The van der Waals surface area contributed by atoms with E-state index in [4.69, 9.17) is 23.2 Å². The van der Waals surface area contributed by atoms with Gasteiger partial charge < -0.3 is 5.11 Å². The Bertz CT molecular complexity index is 572. The highest BCUT2D eigenvalue weighted by Crippen LogP contribution is 2.31. The normalized spacial score (nSPS) is 23.2. The second kappa shape index (κ2) is 7.29. The minimum atomic E-state index is -3.75. The Morgan fingerprint density at radius 1 is 1.14 bits per heavy atom. The first kappa shape index (κ1) is 17.0. The summed E-state index contributed by atoms with van der Waals surface area (Å²) in [5.41, 5.74) is 0. The Labute approximate surface area is 135 Å². The van der Waals surface area contributed by atoms with E-state index in [0.29, 0.717) is 6.54 Å². The van der Waals surface area contributed by atoms with E-state index in [-0.39, 0.29) is 33.4 Å². The summed E-state index contributed by atoms with van der Waals surface area (Å²) >= 11 is 11.9. The summed E-state index contributed by atoms with van der Waals surface area (Å²) in [7, 11) is -3.75. The Balaban J connectivity index is 2.11. The summed E-state index contributed by atoms with van der Waals surface area (Å²) in [4.78, 5) is -0.0790. The van der Waals surface area contributed by atoms with E-state index < -0.39 is 10.0 Å². The van der Waals surface area contributed by atoms with Crippen LogP contribution in [0.5, 0.6) is 0 Å². The van der Waals surface area contributed by atoms with E-state index in [0.717, 1.165) is 25.7 Å². The van der Waals surface area contributed by atoms with Crippen LogP contribution in [-0.4, -0.2) is 26.7 Å². The monoisotopic (exact) mass is 351 g/mol. The molecule has 7 heteroatoms. The van der Waals surface area contributed by atoms with Crippen molar-refractivity contribution in [3.63, 3.8) is 0 Å². The van der Waals surface area contributed by atoms with Gasteiger partial charge in [0.1, 0.15) is 4.90 Å². The van der Waals surface area contributed by atoms with E-state index in [1.54, 1.807) is 6.07 Å². The fraction of sp³-hybridized carbons (Fsp3) is 0.571. The number of sulfonamides is 1. The maximum atomic E-state index is 12.4. The lowest BCUT2D eigenvalue weighted by Gasteiger charge is -2.30. The smallest absolute Gasteiger partial charge is 0.243 e. The molecule has 0 aliphatic heterocycles. The zero-order valence-electron chi connectivity index (χ0n) is 11.6. The number of aliphatic hydroxyl groups is 1. The van der Waals surface area contributed by atoms with Gasteiger partial charge in [-0.25, -0.2) is 13.1 Å². The molecule has 2 unspecified atom stereocenters. The van der Waals surface area contributed by atoms with Crippen molar-refractivity contribution in [2.24, 2.45) is 11.8 Å². The fourth-order valence-corrected chi connectivity index (χ4v) is 5.06. The predicted octanol–water partition coefficient (Wildman–Crippen LogP) is 3.07. The van der Waals surface area contributed by atoms with Crippen LogP contribution in [-0.2, 0) is 10.0 Å². The first-order chi connectivity index (χ1) is 9.95. The molecule has 4 nitrogen and oxygen atoms in total. The molecule has 1 aromatic carbocycles. The molecule has 0 aromatic heterocycles. The molecule has 1 aromatic rings. The van der Waals surface area contributed by atoms with Crippen LogP contribution >= 0.6 is 23.2 Å². The maximum Gasteiger partial charge on any atom is 0.243 e. The van der Waals surface area contributed by atoms with E-state index in [9.17, 15) is 13.5 Å². The molecular formula is C14H19Cl2NO3S. The van der Waals surface area contributed by atoms with Crippen molar-refractivity contribution >= 4 is 33.2 Å². The highest BCUT2D eigenvalue weighted by Gasteiger charge is 2.27. The number of rotatable bonds is 5. The minimum absolute atomic E-state index is 0.0790. The third-order valence-electron chi connectivity index (χ3n) is 4.02. The molecule has 0 radical (unpaired) electrons. The summed E-state index contributed by atoms with van der Waals surface area (Å²) in [6, 6.07) is 4.60. The van der Waals surface area contributed by atoms with Crippen LogP contribution in [0.3, 0.4) is 0 Å². The molecule has 1 fully saturated rings. The van der Waals surface area contributed by atoms with Crippen molar-refractivity contribution < 1.29 is 13.5 Å². The number of nitrogens with one attached hydrogen (secondary N) is 1. The SMILES string of the molecule is O=S(=O)(NCC1CCCCC1CO)c1c(Cl)cccc1Cl. The van der Waals surface area contributed by atoms with E-state index in [1.807, 2.05) is 0 Å². The molecule has 0 heterocycles. The van der Waals surface area contributed by atoms with E-state index in [2.05, 4.69) is 4.72 Å². The van der Waals surface area contributed by atoms with Gasteiger partial charge >= 0.3 is 0 Å². The number of aliphatic hydroxyl groups excluding tert-OH is 1. The van der Waals surface area contributed by atoms with Crippen LogP contribution in [0.2, 0.25) is 10.0 Å². The summed E-state index contributed by atoms with van der Waals surface area (Å²) in [5.74, 6) is 0.308. The van der Waals surface area contributed by atoms with Gasteiger partial charge in [0.05, 0.1) is 10.0 Å². The van der Waals surface area contributed by atoms with Gasteiger partial charge in [-0.1, -0.05) is 42.1 Å². The lowest BCUT2D eigenvalue weighted by Crippen LogP contribution is -2.35. The molecule has 1 saturated carbocycles. The largest absolute Gasteiger partial charge is 0.396 e. The van der Waals surface area contributed by atoms with Crippen LogP contribution in [0, 0.1) is 11.8 Å². The van der Waals surface area contributed by atoms with Gasteiger partial charge in [0.25, 0.3) is 0 Å². The Morgan fingerprint density at radius 3 is 2.29 bits per heavy atom. The average Bonchev–Trinajstić information content (AvgIpc) is 2.45. The molecule has 2 N–H and O–H groups in total. The minimum Gasteiger partial charge on any atom is -0.396 e. The molecule has 0 spiro atoms. The van der Waals surface area contributed by atoms with Crippen molar-refractivity contribution in [3.8, 4) is 0 Å². The molecular weight excluding hydrogens is 333 g/mol. The van der Waals surface area contributed by atoms with Crippen molar-refractivity contribution in [3.05, 3.63) is 28.2 Å². The first-order valence-electron chi connectivity index (χ1n) is 7.00. The highest BCUT2D eigenvalue weighted by molar-refractivity contribution is 7.89. The quantitative estimate of drug-likeness (QED) is 0.856. The number of hydrogen-bond acceptors (Lipinski definition) is 3. The topological polar surface area (TPSA) is 66.4 Å². The van der Waals surface area contributed by atoms with Gasteiger partial charge in [0.15, 0.2) is 0 Å². The van der Waals surface area contributed by atoms with E-state index in [1.165, 1.54) is 12.1 Å². The first-order valence-corrected chi connectivity index (χ1v) is 9.24. The van der Waals surface area contributed by atoms with Crippen LogP contribution in [0.4, 0.5) is 0 Å². The number of halogens is 2. The molecule has 2 rings (SSSR count). The van der Waals surface area contributed by atoms with E-state index >= 15 is 0 Å². The molecule has 0 saturated heterocycles.